The lowest BCUT2D eigenvalue weighted by Gasteiger charge is -2.16. The number of benzene rings is 3. The number of fused-ring (bicyclic) bond motifs is 2. The molecule has 5 rings (SSSR count). The van der Waals surface area contributed by atoms with Crippen LogP contribution in [0.2, 0.25) is 0 Å². The number of pyridine rings is 1. The molecule has 3 N–H and O–H groups in total. The third kappa shape index (κ3) is 3.09. The zero-order valence-electron chi connectivity index (χ0n) is 15.7. The van der Waals surface area contributed by atoms with Crippen molar-refractivity contribution in [1.29, 1.82) is 0 Å². The van der Waals surface area contributed by atoms with Crippen molar-refractivity contribution in [3.8, 4) is 0 Å². The van der Waals surface area contributed by atoms with E-state index in [1.165, 1.54) is 22.1 Å². The van der Waals surface area contributed by atoms with Crippen LogP contribution in [-0.4, -0.2) is 4.98 Å². The maximum atomic E-state index is 6.14. The highest BCUT2D eigenvalue weighted by Gasteiger charge is 2.22. The minimum atomic E-state index is 0.341. The quantitative estimate of drug-likeness (QED) is 0.469. The predicted octanol–water partition coefficient (Wildman–Crippen LogP) is 5.51. The Morgan fingerprint density at radius 1 is 0.857 bits per heavy atom. The largest absolute Gasteiger partial charge is 0.398 e. The lowest BCUT2D eigenvalue weighted by atomic mass is 9.99. The average molecular weight is 365 g/mol. The number of hydrogen-bond acceptors (Lipinski definition) is 3. The highest BCUT2D eigenvalue weighted by molar-refractivity contribution is 5.84. The van der Waals surface area contributed by atoms with E-state index in [1.54, 1.807) is 0 Å². The van der Waals surface area contributed by atoms with Gasteiger partial charge in [-0.15, -0.1) is 0 Å². The normalized spacial score (nSPS) is 15.5. The SMILES string of the molecule is Nc1ccccc1Cc1cccc2nc(N[C@@H]3CCc4ccccc43)ccc12. The Balaban J connectivity index is 1.44. The number of aromatic nitrogens is 1. The van der Waals surface area contributed by atoms with Crippen LogP contribution in [0.25, 0.3) is 10.9 Å². The van der Waals surface area contributed by atoms with Gasteiger partial charge in [-0.05, 0) is 59.4 Å². The third-order valence-corrected chi connectivity index (χ3v) is 5.71. The molecule has 1 atom stereocenters. The highest BCUT2D eigenvalue weighted by Crippen LogP contribution is 2.33. The summed E-state index contributed by atoms with van der Waals surface area (Å²) in [5.41, 5.74) is 13.2. The maximum absolute atomic E-state index is 6.14. The minimum absolute atomic E-state index is 0.341. The number of nitrogens with zero attached hydrogens (tertiary/aromatic N) is 1. The van der Waals surface area contributed by atoms with E-state index in [4.69, 9.17) is 10.7 Å². The van der Waals surface area contributed by atoms with Crippen LogP contribution >= 0.6 is 0 Å². The minimum Gasteiger partial charge on any atom is -0.398 e. The zero-order valence-corrected chi connectivity index (χ0v) is 15.7. The molecule has 1 aliphatic rings. The summed E-state index contributed by atoms with van der Waals surface area (Å²) in [5.74, 6) is 0.936. The topological polar surface area (TPSA) is 50.9 Å². The van der Waals surface area contributed by atoms with Crippen molar-refractivity contribution in [2.24, 2.45) is 0 Å². The lowest BCUT2D eigenvalue weighted by Crippen LogP contribution is -2.08. The van der Waals surface area contributed by atoms with Gasteiger partial charge in [0.15, 0.2) is 0 Å². The highest BCUT2D eigenvalue weighted by atomic mass is 15.0. The molecule has 1 aliphatic carbocycles. The Morgan fingerprint density at radius 3 is 2.61 bits per heavy atom. The number of rotatable bonds is 4. The molecule has 28 heavy (non-hydrogen) atoms. The van der Waals surface area contributed by atoms with Crippen molar-refractivity contribution in [3.63, 3.8) is 0 Å². The molecule has 1 heterocycles. The summed E-state index contributed by atoms with van der Waals surface area (Å²) >= 11 is 0. The molecule has 0 unspecified atom stereocenters. The molecule has 0 spiro atoms. The second kappa shape index (κ2) is 7.01. The Morgan fingerprint density at radius 2 is 1.68 bits per heavy atom. The van der Waals surface area contributed by atoms with E-state index in [9.17, 15) is 0 Å². The standard InChI is InChI=1S/C25H23N3/c26-22-10-4-2-7-19(22)16-18-8-5-11-23-21(18)13-15-25(27-23)28-24-14-12-17-6-1-3-9-20(17)24/h1-11,13,15,24H,12,14,16,26H2,(H,27,28)/t24-/m1/s1. The van der Waals surface area contributed by atoms with Crippen LogP contribution in [-0.2, 0) is 12.8 Å². The Labute approximate surface area is 165 Å². The van der Waals surface area contributed by atoms with Gasteiger partial charge in [0.05, 0.1) is 11.6 Å². The van der Waals surface area contributed by atoms with E-state index in [0.29, 0.717) is 6.04 Å². The fourth-order valence-electron chi connectivity index (χ4n) is 4.24. The molecule has 0 bridgehead atoms. The summed E-state index contributed by atoms with van der Waals surface area (Å²) in [7, 11) is 0. The Bertz CT molecular complexity index is 1150. The molecule has 0 saturated heterocycles. The van der Waals surface area contributed by atoms with Gasteiger partial charge in [0.1, 0.15) is 5.82 Å². The molecule has 0 fully saturated rings. The third-order valence-electron chi connectivity index (χ3n) is 5.71. The van der Waals surface area contributed by atoms with Crippen molar-refractivity contribution in [2.45, 2.75) is 25.3 Å². The van der Waals surface area contributed by atoms with Gasteiger partial charge in [-0.2, -0.15) is 0 Å². The van der Waals surface area contributed by atoms with E-state index in [2.05, 4.69) is 66.0 Å². The second-order valence-electron chi connectivity index (χ2n) is 7.49. The molecule has 3 heteroatoms. The molecular formula is C25H23N3. The van der Waals surface area contributed by atoms with E-state index in [0.717, 1.165) is 41.8 Å². The molecule has 3 aromatic carbocycles. The van der Waals surface area contributed by atoms with Gasteiger partial charge < -0.3 is 11.1 Å². The van der Waals surface area contributed by atoms with Crippen LogP contribution in [0.4, 0.5) is 11.5 Å². The average Bonchev–Trinajstić information content (AvgIpc) is 3.13. The van der Waals surface area contributed by atoms with Crippen LogP contribution in [0.1, 0.15) is 34.7 Å². The monoisotopic (exact) mass is 365 g/mol. The molecular weight excluding hydrogens is 342 g/mol. The number of aryl methyl sites for hydroxylation is 1. The molecule has 1 aromatic heterocycles. The smallest absolute Gasteiger partial charge is 0.127 e. The number of anilines is 2. The van der Waals surface area contributed by atoms with Gasteiger partial charge in [0.2, 0.25) is 0 Å². The molecule has 0 aliphatic heterocycles. The Kier molecular flexibility index (Phi) is 4.21. The van der Waals surface area contributed by atoms with Gasteiger partial charge in [-0.1, -0.05) is 54.6 Å². The molecule has 0 saturated carbocycles. The van der Waals surface area contributed by atoms with Gasteiger partial charge in [0.25, 0.3) is 0 Å². The van der Waals surface area contributed by atoms with Crippen molar-refractivity contribution in [3.05, 3.63) is 101 Å². The zero-order chi connectivity index (χ0) is 18.9. The van der Waals surface area contributed by atoms with Gasteiger partial charge >= 0.3 is 0 Å². The summed E-state index contributed by atoms with van der Waals surface area (Å²) < 4.78 is 0. The fourth-order valence-corrected chi connectivity index (χ4v) is 4.24. The summed E-state index contributed by atoms with van der Waals surface area (Å²) in [4.78, 5) is 4.89. The molecule has 4 aromatic rings. The van der Waals surface area contributed by atoms with Crippen LogP contribution in [0.3, 0.4) is 0 Å². The van der Waals surface area contributed by atoms with E-state index >= 15 is 0 Å². The van der Waals surface area contributed by atoms with E-state index in [1.807, 2.05) is 18.2 Å². The van der Waals surface area contributed by atoms with Crippen LogP contribution in [0.15, 0.2) is 78.9 Å². The van der Waals surface area contributed by atoms with E-state index in [-0.39, 0.29) is 0 Å². The van der Waals surface area contributed by atoms with Crippen LogP contribution in [0, 0.1) is 0 Å². The first-order chi connectivity index (χ1) is 13.8. The van der Waals surface area contributed by atoms with Crippen LogP contribution in [0.5, 0.6) is 0 Å². The van der Waals surface area contributed by atoms with Gasteiger partial charge in [0, 0.05) is 17.5 Å². The first kappa shape index (κ1) is 16.8. The first-order valence-electron chi connectivity index (χ1n) is 9.84. The fraction of sp³-hybridized carbons (Fsp3) is 0.160. The summed E-state index contributed by atoms with van der Waals surface area (Å²) in [6, 6.07) is 27.7. The number of nitrogen functional groups attached to an aromatic ring is 1. The summed E-state index contributed by atoms with van der Waals surface area (Å²) in [5, 5.41) is 4.82. The second-order valence-corrected chi connectivity index (χ2v) is 7.49. The summed E-state index contributed by atoms with van der Waals surface area (Å²) in [6.45, 7) is 0. The molecule has 138 valence electrons. The molecule has 0 radical (unpaired) electrons. The summed E-state index contributed by atoms with van der Waals surface area (Å²) in [6.07, 6.45) is 3.06. The van der Waals surface area contributed by atoms with Gasteiger partial charge in [-0.3, -0.25) is 0 Å². The van der Waals surface area contributed by atoms with Crippen LogP contribution < -0.4 is 11.1 Å². The first-order valence-corrected chi connectivity index (χ1v) is 9.84. The van der Waals surface area contributed by atoms with Crippen molar-refractivity contribution >= 4 is 22.4 Å². The van der Waals surface area contributed by atoms with Crippen molar-refractivity contribution in [2.75, 3.05) is 11.1 Å². The van der Waals surface area contributed by atoms with E-state index < -0.39 is 0 Å². The number of para-hydroxylation sites is 1. The number of nitrogens with two attached hydrogens (primary N) is 1. The van der Waals surface area contributed by atoms with Gasteiger partial charge in [-0.25, -0.2) is 4.98 Å². The number of hydrogen-bond donors (Lipinski definition) is 2. The lowest BCUT2D eigenvalue weighted by molar-refractivity contribution is 0.758. The van der Waals surface area contributed by atoms with Crippen molar-refractivity contribution in [1.82, 2.24) is 4.98 Å². The number of nitrogens with one attached hydrogen (secondary N) is 1. The molecule has 3 nitrogen and oxygen atoms in total. The van der Waals surface area contributed by atoms with Crippen molar-refractivity contribution < 1.29 is 0 Å². The Hall–Kier alpha value is -3.33. The predicted molar refractivity (Wildman–Crippen MR) is 117 cm³/mol. The molecule has 0 amide bonds. The maximum Gasteiger partial charge on any atom is 0.127 e.